The molecule has 1 unspecified atom stereocenters. The van der Waals surface area contributed by atoms with Crippen LogP contribution in [0.4, 0.5) is 0 Å². The third-order valence-electron chi connectivity index (χ3n) is 4.69. The molecule has 1 atom stereocenters. The van der Waals surface area contributed by atoms with Crippen LogP contribution in [0, 0.1) is 6.92 Å². The molecule has 0 aliphatic carbocycles. The van der Waals surface area contributed by atoms with Gasteiger partial charge in [-0.2, -0.15) is 5.10 Å². The molecule has 0 fully saturated rings. The summed E-state index contributed by atoms with van der Waals surface area (Å²) in [5, 5.41) is 7.90. The van der Waals surface area contributed by atoms with E-state index in [9.17, 15) is 9.59 Å². The van der Waals surface area contributed by atoms with E-state index in [2.05, 4.69) is 10.4 Å². The average Bonchev–Trinajstić information content (AvgIpc) is 2.98. The van der Waals surface area contributed by atoms with E-state index in [4.69, 9.17) is 16.3 Å². The number of carbonyl (C=O) groups is 1. The molecular weight excluding hydrogens is 368 g/mol. The minimum atomic E-state index is -0.617. The Morgan fingerprint density at radius 1 is 1.41 bits per heavy atom. The third kappa shape index (κ3) is 4.71. The number of carbonyl (C=O) groups excluding carboxylic acids is 1. The summed E-state index contributed by atoms with van der Waals surface area (Å²) in [7, 11) is 0. The van der Waals surface area contributed by atoms with Crippen LogP contribution in [0.2, 0.25) is 5.02 Å². The smallest absolute Gasteiger partial charge is 0.345 e. The highest BCUT2D eigenvalue weighted by Crippen LogP contribution is 2.21. The minimum absolute atomic E-state index is 0.0502. The van der Waals surface area contributed by atoms with Crippen molar-refractivity contribution in [2.75, 3.05) is 6.54 Å². The fourth-order valence-electron chi connectivity index (χ4n) is 3.13. The first-order valence-corrected chi connectivity index (χ1v) is 9.70. The quantitative estimate of drug-likeness (QED) is 0.733. The lowest BCUT2D eigenvalue weighted by atomic mass is 10.2. The molecule has 1 aromatic heterocycles. The van der Waals surface area contributed by atoms with Gasteiger partial charge in [0.15, 0.2) is 6.10 Å². The van der Waals surface area contributed by atoms with Crippen molar-refractivity contribution in [3.8, 4) is 5.75 Å². The Morgan fingerprint density at radius 2 is 2.22 bits per heavy atom. The second-order valence-corrected chi connectivity index (χ2v) is 7.25. The monoisotopic (exact) mass is 392 g/mol. The molecular formula is C19H25ClN4O3. The van der Waals surface area contributed by atoms with Crippen molar-refractivity contribution in [3.63, 3.8) is 0 Å². The minimum Gasteiger partial charge on any atom is -0.481 e. The van der Waals surface area contributed by atoms with Crippen LogP contribution in [0.5, 0.6) is 5.75 Å². The molecule has 1 aliphatic heterocycles. The molecule has 1 amide bonds. The van der Waals surface area contributed by atoms with Crippen LogP contribution in [0.15, 0.2) is 23.0 Å². The van der Waals surface area contributed by atoms with Gasteiger partial charge in [0, 0.05) is 31.1 Å². The summed E-state index contributed by atoms with van der Waals surface area (Å²) < 4.78 is 8.92. The Bertz CT molecular complexity index is 874. The molecule has 0 saturated heterocycles. The first-order chi connectivity index (χ1) is 13.0. The van der Waals surface area contributed by atoms with Crippen molar-refractivity contribution in [1.82, 2.24) is 19.7 Å². The highest BCUT2D eigenvalue weighted by Gasteiger charge is 2.17. The SMILES string of the molecule is Cc1cc(OC(C)C(=O)NCCCn2nc3n(c2=O)CCCC3)ccc1Cl. The number of halogens is 1. The van der Waals surface area contributed by atoms with Gasteiger partial charge in [-0.1, -0.05) is 11.6 Å². The van der Waals surface area contributed by atoms with Gasteiger partial charge in [-0.15, -0.1) is 0 Å². The molecule has 1 N–H and O–H groups in total. The van der Waals surface area contributed by atoms with Gasteiger partial charge in [0.25, 0.3) is 5.91 Å². The van der Waals surface area contributed by atoms with Gasteiger partial charge in [0.05, 0.1) is 0 Å². The summed E-state index contributed by atoms with van der Waals surface area (Å²) in [6, 6.07) is 5.30. The molecule has 0 saturated carbocycles. The number of nitrogens with one attached hydrogen (secondary N) is 1. The van der Waals surface area contributed by atoms with E-state index >= 15 is 0 Å². The molecule has 146 valence electrons. The number of aromatic nitrogens is 3. The van der Waals surface area contributed by atoms with Crippen LogP contribution in [0.1, 0.15) is 37.6 Å². The molecule has 8 heteroatoms. The van der Waals surface area contributed by atoms with Gasteiger partial charge < -0.3 is 10.1 Å². The Balaban J connectivity index is 1.44. The average molecular weight is 393 g/mol. The Labute approximate surface area is 163 Å². The maximum atomic E-state index is 12.3. The van der Waals surface area contributed by atoms with Crippen LogP contribution in [0.3, 0.4) is 0 Å². The topological polar surface area (TPSA) is 78.2 Å². The number of nitrogens with zero attached hydrogens (tertiary/aromatic N) is 3. The van der Waals surface area contributed by atoms with E-state index in [0.29, 0.717) is 30.3 Å². The van der Waals surface area contributed by atoms with Crippen LogP contribution < -0.4 is 15.7 Å². The maximum Gasteiger partial charge on any atom is 0.345 e. The van der Waals surface area contributed by atoms with Crippen LogP contribution in [-0.2, 0) is 24.3 Å². The highest BCUT2D eigenvalue weighted by atomic mass is 35.5. The maximum absolute atomic E-state index is 12.3. The first kappa shape index (κ1) is 19.5. The zero-order valence-electron chi connectivity index (χ0n) is 15.7. The molecule has 0 bridgehead atoms. The van der Waals surface area contributed by atoms with Crippen molar-refractivity contribution in [2.45, 2.75) is 58.7 Å². The van der Waals surface area contributed by atoms with Crippen molar-refractivity contribution in [2.24, 2.45) is 0 Å². The van der Waals surface area contributed by atoms with Crippen molar-refractivity contribution in [3.05, 3.63) is 45.1 Å². The van der Waals surface area contributed by atoms with E-state index in [0.717, 1.165) is 37.2 Å². The number of ether oxygens (including phenoxy) is 1. The fraction of sp³-hybridized carbons (Fsp3) is 0.526. The molecule has 7 nitrogen and oxygen atoms in total. The number of amides is 1. The van der Waals surface area contributed by atoms with E-state index in [-0.39, 0.29) is 11.6 Å². The lowest BCUT2D eigenvalue weighted by molar-refractivity contribution is -0.127. The van der Waals surface area contributed by atoms with E-state index in [1.807, 2.05) is 6.92 Å². The standard InChI is InChI=1S/C19H25ClN4O3/c1-13-12-15(7-8-16(13)20)27-14(2)18(25)21-9-5-11-24-19(26)23-10-4-3-6-17(23)22-24/h7-8,12,14H,3-6,9-11H2,1-2H3,(H,21,25). The highest BCUT2D eigenvalue weighted by molar-refractivity contribution is 6.31. The molecule has 2 aromatic rings. The van der Waals surface area contributed by atoms with Gasteiger partial charge in [-0.25, -0.2) is 9.48 Å². The van der Waals surface area contributed by atoms with Gasteiger partial charge in [0.2, 0.25) is 0 Å². The van der Waals surface area contributed by atoms with Crippen molar-refractivity contribution >= 4 is 17.5 Å². The molecule has 0 spiro atoms. The molecule has 27 heavy (non-hydrogen) atoms. The molecule has 1 aromatic carbocycles. The number of fused-ring (bicyclic) bond motifs is 1. The summed E-state index contributed by atoms with van der Waals surface area (Å²) >= 11 is 5.99. The lowest BCUT2D eigenvalue weighted by Crippen LogP contribution is -2.37. The summed E-state index contributed by atoms with van der Waals surface area (Å²) in [6.45, 7) is 5.29. The zero-order valence-corrected chi connectivity index (χ0v) is 16.5. The van der Waals surface area contributed by atoms with Gasteiger partial charge in [0.1, 0.15) is 11.6 Å². The van der Waals surface area contributed by atoms with Crippen molar-refractivity contribution in [1.29, 1.82) is 0 Å². The number of hydrogen-bond donors (Lipinski definition) is 1. The third-order valence-corrected chi connectivity index (χ3v) is 5.11. The predicted molar refractivity (Wildman–Crippen MR) is 103 cm³/mol. The van der Waals surface area contributed by atoms with Gasteiger partial charge in [-0.3, -0.25) is 9.36 Å². The van der Waals surface area contributed by atoms with Crippen LogP contribution in [0.25, 0.3) is 0 Å². The van der Waals surface area contributed by atoms with E-state index in [1.165, 1.54) is 4.68 Å². The number of rotatable bonds is 7. The summed E-state index contributed by atoms with van der Waals surface area (Å²) in [4.78, 5) is 24.4. The normalized spacial score (nSPS) is 14.5. The second kappa shape index (κ2) is 8.61. The Kier molecular flexibility index (Phi) is 6.21. The predicted octanol–water partition coefficient (Wildman–Crippen LogP) is 2.32. The number of hydrogen-bond acceptors (Lipinski definition) is 4. The van der Waals surface area contributed by atoms with Crippen LogP contribution >= 0.6 is 11.6 Å². The second-order valence-electron chi connectivity index (χ2n) is 6.85. The summed E-state index contributed by atoms with van der Waals surface area (Å²) in [6.07, 6.45) is 2.98. The molecule has 0 radical (unpaired) electrons. The summed E-state index contributed by atoms with van der Waals surface area (Å²) in [5.41, 5.74) is 0.848. The molecule has 1 aliphatic rings. The number of benzene rings is 1. The van der Waals surface area contributed by atoms with E-state index < -0.39 is 6.10 Å². The molecule has 2 heterocycles. The molecule has 3 rings (SSSR count). The van der Waals surface area contributed by atoms with Crippen LogP contribution in [-0.4, -0.2) is 32.9 Å². The Hall–Kier alpha value is -2.28. The van der Waals surface area contributed by atoms with Gasteiger partial charge in [-0.05, 0) is 56.9 Å². The fourth-order valence-corrected chi connectivity index (χ4v) is 3.24. The van der Waals surface area contributed by atoms with E-state index in [1.54, 1.807) is 29.7 Å². The van der Waals surface area contributed by atoms with Crippen molar-refractivity contribution < 1.29 is 9.53 Å². The largest absolute Gasteiger partial charge is 0.481 e. The van der Waals surface area contributed by atoms with Gasteiger partial charge >= 0.3 is 5.69 Å². The number of aryl methyl sites for hydroxylation is 3. The first-order valence-electron chi connectivity index (χ1n) is 9.33. The summed E-state index contributed by atoms with van der Waals surface area (Å²) in [5.74, 6) is 1.28. The lowest BCUT2D eigenvalue weighted by Gasteiger charge is -2.15. The Morgan fingerprint density at radius 3 is 2.96 bits per heavy atom. The zero-order chi connectivity index (χ0) is 19.4.